The summed E-state index contributed by atoms with van der Waals surface area (Å²) in [5.74, 6) is 1.83. The van der Waals surface area contributed by atoms with E-state index in [0.717, 1.165) is 11.8 Å². The van der Waals surface area contributed by atoms with Gasteiger partial charge in [0.25, 0.3) is 0 Å². The minimum atomic E-state index is 0.826. The summed E-state index contributed by atoms with van der Waals surface area (Å²) in [5, 5.41) is 2.79. The van der Waals surface area contributed by atoms with Gasteiger partial charge in [-0.1, -0.05) is 74.6 Å². The van der Waals surface area contributed by atoms with E-state index in [1.165, 1.54) is 54.9 Å². The predicted molar refractivity (Wildman–Crippen MR) is 88.3 cm³/mol. The van der Waals surface area contributed by atoms with Crippen LogP contribution >= 0.6 is 0 Å². The number of unbranched alkanes of at least 4 members (excludes halogenated alkanes) is 2. The van der Waals surface area contributed by atoms with Crippen LogP contribution in [0, 0.1) is 12.8 Å². The van der Waals surface area contributed by atoms with Gasteiger partial charge in [0.2, 0.25) is 0 Å². The van der Waals surface area contributed by atoms with Crippen molar-refractivity contribution in [3.05, 3.63) is 47.5 Å². The third-order valence-electron chi connectivity index (χ3n) is 4.94. The highest BCUT2D eigenvalue weighted by atomic mass is 14.3. The van der Waals surface area contributed by atoms with Crippen LogP contribution in [0.15, 0.2) is 36.4 Å². The second kappa shape index (κ2) is 5.99. The zero-order valence-electron chi connectivity index (χ0n) is 12.9. The number of benzene rings is 2. The molecule has 0 aromatic heterocycles. The number of rotatable bonds is 5. The predicted octanol–water partition coefficient (Wildman–Crippen LogP) is 6.22. The Labute approximate surface area is 123 Å². The molecule has 2 aromatic carbocycles. The molecule has 3 rings (SSSR count). The molecule has 0 radical (unpaired) electrons. The molecule has 0 nitrogen and oxygen atoms in total. The molecule has 0 atom stereocenters. The van der Waals surface area contributed by atoms with Crippen LogP contribution in [0.4, 0.5) is 0 Å². The SMILES string of the molecule is CCCCCC1CC(c2ccc3cc(C)ccc3c2)C1. The maximum atomic E-state index is 2.42. The molecule has 1 aliphatic carbocycles. The molecular weight excluding hydrogens is 240 g/mol. The fraction of sp³-hybridized carbons (Fsp3) is 0.500. The van der Waals surface area contributed by atoms with Gasteiger partial charge in [0.1, 0.15) is 0 Å². The van der Waals surface area contributed by atoms with E-state index >= 15 is 0 Å². The Kier molecular flexibility index (Phi) is 4.10. The van der Waals surface area contributed by atoms with Crippen LogP contribution in [-0.4, -0.2) is 0 Å². The number of fused-ring (bicyclic) bond motifs is 1. The van der Waals surface area contributed by atoms with Gasteiger partial charge in [-0.2, -0.15) is 0 Å². The molecule has 1 saturated carbocycles. The molecule has 0 heterocycles. The maximum absolute atomic E-state index is 2.42. The zero-order valence-corrected chi connectivity index (χ0v) is 12.9. The molecule has 0 amide bonds. The Morgan fingerprint density at radius 1 is 0.950 bits per heavy atom. The minimum Gasteiger partial charge on any atom is -0.0654 e. The summed E-state index contributed by atoms with van der Waals surface area (Å²) >= 11 is 0. The Balaban J connectivity index is 1.63. The highest BCUT2D eigenvalue weighted by Crippen LogP contribution is 2.44. The first-order valence-electron chi connectivity index (χ1n) is 8.26. The number of hydrogen-bond acceptors (Lipinski definition) is 0. The molecule has 1 aliphatic rings. The van der Waals surface area contributed by atoms with Crippen molar-refractivity contribution in [1.82, 2.24) is 0 Å². The summed E-state index contributed by atoms with van der Waals surface area (Å²) in [7, 11) is 0. The van der Waals surface area contributed by atoms with Crippen LogP contribution in [0.3, 0.4) is 0 Å². The molecular formula is C20H26. The fourth-order valence-electron chi connectivity index (χ4n) is 3.56. The van der Waals surface area contributed by atoms with E-state index in [2.05, 4.69) is 50.2 Å². The Morgan fingerprint density at radius 3 is 2.50 bits per heavy atom. The van der Waals surface area contributed by atoms with Gasteiger partial charge in [-0.05, 0) is 47.9 Å². The molecule has 106 valence electrons. The molecule has 0 N–H and O–H groups in total. The van der Waals surface area contributed by atoms with E-state index in [0.29, 0.717) is 0 Å². The van der Waals surface area contributed by atoms with Crippen LogP contribution in [0.5, 0.6) is 0 Å². The highest BCUT2D eigenvalue weighted by Gasteiger charge is 2.29. The normalized spacial score (nSPS) is 21.9. The van der Waals surface area contributed by atoms with Gasteiger partial charge in [0.15, 0.2) is 0 Å². The zero-order chi connectivity index (χ0) is 13.9. The van der Waals surface area contributed by atoms with E-state index < -0.39 is 0 Å². The lowest BCUT2D eigenvalue weighted by atomic mass is 9.69. The van der Waals surface area contributed by atoms with Crippen molar-refractivity contribution in [3.8, 4) is 0 Å². The second-order valence-electron chi connectivity index (χ2n) is 6.64. The molecule has 0 heteroatoms. The summed E-state index contributed by atoms with van der Waals surface area (Å²) < 4.78 is 0. The van der Waals surface area contributed by atoms with E-state index in [1.807, 2.05) is 0 Å². The van der Waals surface area contributed by atoms with E-state index in [9.17, 15) is 0 Å². The fourth-order valence-corrected chi connectivity index (χ4v) is 3.56. The third kappa shape index (κ3) is 2.90. The van der Waals surface area contributed by atoms with Crippen molar-refractivity contribution < 1.29 is 0 Å². The monoisotopic (exact) mass is 266 g/mol. The lowest BCUT2D eigenvalue weighted by Gasteiger charge is -2.36. The molecule has 1 fully saturated rings. The van der Waals surface area contributed by atoms with Crippen molar-refractivity contribution in [2.24, 2.45) is 5.92 Å². The Bertz CT molecular complexity index is 576. The van der Waals surface area contributed by atoms with Crippen LogP contribution in [0.1, 0.15) is 62.5 Å². The van der Waals surface area contributed by atoms with Crippen molar-refractivity contribution in [2.75, 3.05) is 0 Å². The molecule has 0 spiro atoms. The summed E-state index contributed by atoms with van der Waals surface area (Å²) in [5.41, 5.74) is 2.91. The van der Waals surface area contributed by atoms with Crippen LogP contribution in [-0.2, 0) is 0 Å². The average molecular weight is 266 g/mol. The molecule has 0 unspecified atom stereocenters. The van der Waals surface area contributed by atoms with Crippen molar-refractivity contribution in [3.63, 3.8) is 0 Å². The summed E-state index contributed by atoms with van der Waals surface area (Å²) in [6.07, 6.45) is 8.49. The van der Waals surface area contributed by atoms with Crippen LogP contribution in [0.25, 0.3) is 10.8 Å². The first-order valence-corrected chi connectivity index (χ1v) is 8.26. The standard InChI is InChI=1S/C20H26/c1-3-4-5-6-16-12-20(13-16)19-10-9-17-11-15(2)7-8-18(17)14-19/h7-11,14,16,20H,3-6,12-13H2,1-2H3. The number of hydrogen-bond donors (Lipinski definition) is 0. The third-order valence-corrected chi connectivity index (χ3v) is 4.94. The first kappa shape index (κ1) is 13.7. The van der Waals surface area contributed by atoms with Crippen LogP contribution in [0.2, 0.25) is 0 Å². The van der Waals surface area contributed by atoms with Gasteiger partial charge in [0, 0.05) is 0 Å². The van der Waals surface area contributed by atoms with Gasteiger partial charge < -0.3 is 0 Å². The van der Waals surface area contributed by atoms with Crippen molar-refractivity contribution in [1.29, 1.82) is 0 Å². The summed E-state index contributed by atoms with van der Waals surface area (Å²) in [6.45, 7) is 4.46. The van der Waals surface area contributed by atoms with Crippen molar-refractivity contribution in [2.45, 2.75) is 58.3 Å². The quantitative estimate of drug-likeness (QED) is 0.563. The van der Waals surface area contributed by atoms with E-state index in [1.54, 1.807) is 5.56 Å². The van der Waals surface area contributed by atoms with Crippen molar-refractivity contribution >= 4 is 10.8 Å². The average Bonchev–Trinajstić information content (AvgIpc) is 2.41. The molecule has 0 aliphatic heterocycles. The molecule has 0 bridgehead atoms. The Hall–Kier alpha value is -1.30. The molecule has 0 saturated heterocycles. The Morgan fingerprint density at radius 2 is 1.70 bits per heavy atom. The summed E-state index contributed by atoms with van der Waals surface area (Å²) in [4.78, 5) is 0. The topological polar surface area (TPSA) is 0 Å². The second-order valence-corrected chi connectivity index (χ2v) is 6.64. The lowest BCUT2D eigenvalue weighted by molar-refractivity contribution is 0.242. The van der Waals surface area contributed by atoms with Gasteiger partial charge in [0.05, 0.1) is 0 Å². The number of aryl methyl sites for hydroxylation is 1. The molecule has 20 heavy (non-hydrogen) atoms. The highest BCUT2D eigenvalue weighted by molar-refractivity contribution is 5.83. The van der Waals surface area contributed by atoms with Gasteiger partial charge in [-0.3, -0.25) is 0 Å². The minimum absolute atomic E-state index is 0.826. The first-order chi connectivity index (χ1) is 9.76. The van der Waals surface area contributed by atoms with Gasteiger partial charge >= 0.3 is 0 Å². The van der Waals surface area contributed by atoms with Gasteiger partial charge in [-0.15, -0.1) is 0 Å². The lowest BCUT2D eigenvalue weighted by Crippen LogP contribution is -2.21. The summed E-state index contributed by atoms with van der Waals surface area (Å²) in [6, 6.07) is 13.9. The van der Waals surface area contributed by atoms with Gasteiger partial charge in [-0.25, -0.2) is 0 Å². The van der Waals surface area contributed by atoms with Crippen LogP contribution < -0.4 is 0 Å². The molecule has 2 aromatic rings. The largest absolute Gasteiger partial charge is 0.0654 e. The smallest absolute Gasteiger partial charge is 0.0156 e. The maximum Gasteiger partial charge on any atom is -0.0156 e. The van der Waals surface area contributed by atoms with E-state index in [4.69, 9.17) is 0 Å². The van der Waals surface area contributed by atoms with E-state index in [-0.39, 0.29) is 0 Å².